The highest BCUT2D eigenvalue weighted by atomic mass is 35.5. The van der Waals surface area contributed by atoms with Crippen molar-refractivity contribution in [3.8, 4) is 0 Å². The lowest BCUT2D eigenvalue weighted by Crippen LogP contribution is -2.24. The fraction of sp³-hybridized carbons (Fsp3) is 0.571. The standard InChI is InChI=1S/C7H10F3N5O.ClH/c1-3(11)2-4(16)12-6-13-5(14-15-6)7(8,9)10;/h3H,2,11H2,1H3,(H2,12,13,14,15,16);1H. The molecule has 17 heavy (non-hydrogen) atoms. The number of carbonyl (C=O) groups is 1. The molecule has 6 nitrogen and oxygen atoms in total. The first-order chi connectivity index (χ1) is 7.29. The average Bonchev–Trinajstić information content (AvgIpc) is 2.49. The highest BCUT2D eigenvalue weighted by Crippen LogP contribution is 2.26. The number of nitrogens with two attached hydrogens (primary N) is 1. The number of nitrogens with zero attached hydrogens (tertiary/aromatic N) is 2. The molecule has 0 aliphatic carbocycles. The zero-order valence-electron chi connectivity index (χ0n) is 8.71. The van der Waals surface area contributed by atoms with Crippen LogP contribution in [0.5, 0.6) is 0 Å². The maximum atomic E-state index is 12.1. The Morgan fingerprint density at radius 2 is 2.18 bits per heavy atom. The van der Waals surface area contributed by atoms with Crippen LogP contribution < -0.4 is 11.1 Å². The molecule has 0 aliphatic heterocycles. The second kappa shape index (κ2) is 5.82. The van der Waals surface area contributed by atoms with Crippen molar-refractivity contribution >= 4 is 24.3 Å². The van der Waals surface area contributed by atoms with Crippen LogP contribution in [0.4, 0.5) is 19.1 Å². The minimum Gasteiger partial charge on any atom is -0.327 e. The maximum absolute atomic E-state index is 12.1. The highest BCUT2D eigenvalue weighted by molar-refractivity contribution is 5.89. The van der Waals surface area contributed by atoms with Crippen LogP contribution in [0, 0.1) is 0 Å². The SMILES string of the molecule is CC(N)CC(=O)Nc1n[nH]c(C(F)(F)F)n1.Cl. The Morgan fingerprint density at radius 1 is 1.59 bits per heavy atom. The Kier molecular flexibility index (Phi) is 5.36. The number of hydrogen-bond acceptors (Lipinski definition) is 4. The van der Waals surface area contributed by atoms with Crippen LogP contribution in [0.15, 0.2) is 0 Å². The minimum absolute atomic E-state index is 0. The van der Waals surface area contributed by atoms with E-state index in [2.05, 4.69) is 15.4 Å². The van der Waals surface area contributed by atoms with Gasteiger partial charge in [-0.2, -0.15) is 18.2 Å². The second-order valence-corrected chi connectivity index (χ2v) is 3.23. The van der Waals surface area contributed by atoms with Gasteiger partial charge in [0.1, 0.15) is 0 Å². The molecular weight excluding hydrogens is 263 g/mol. The number of rotatable bonds is 3. The van der Waals surface area contributed by atoms with Crippen molar-refractivity contribution < 1.29 is 18.0 Å². The summed E-state index contributed by atoms with van der Waals surface area (Å²) in [6.45, 7) is 1.60. The fourth-order valence-electron chi connectivity index (χ4n) is 0.913. The van der Waals surface area contributed by atoms with E-state index in [0.717, 1.165) is 0 Å². The Hall–Kier alpha value is -1.35. The molecule has 1 rings (SSSR count). The van der Waals surface area contributed by atoms with E-state index < -0.39 is 23.9 Å². The van der Waals surface area contributed by atoms with Gasteiger partial charge in [-0.15, -0.1) is 17.5 Å². The Bertz CT molecular complexity index is 378. The zero-order valence-corrected chi connectivity index (χ0v) is 9.52. The van der Waals surface area contributed by atoms with Crippen LogP contribution in [-0.4, -0.2) is 27.1 Å². The Balaban J connectivity index is 0.00000256. The summed E-state index contributed by atoms with van der Waals surface area (Å²) in [6, 6.07) is -0.388. The number of alkyl halides is 3. The lowest BCUT2D eigenvalue weighted by atomic mass is 10.2. The molecule has 1 atom stereocenters. The first-order valence-electron chi connectivity index (χ1n) is 4.34. The molecule has 0 aromatic carbocycles. The van der Waals surface area contributed by atoms with Gasteiger partial charge in [0.05, 0.1) is 0 Å². The summed E-state index contributed by atoms with van der Waals surface area (Å²) in [4.78, 5) is 14.2. The van der Waals surface area contributed by atoms with E-state index in [1.165, 1.54) is 0 Å². The molecular formula is C7H11ClF3N5O. The first-order valence-corrected chi connectivity index (χ1v) is 4.34. The van der Waals surface area contributed by atoms with Gasteiger partial charge >= 0.3 is 6.18 Å². The molecule has 0 saturated heterocycles. The van der Waals surface area contributed by atoms with Crippen LogP contribution in [-0.2, 0) is 11.0 Å². The van der Waals surface area contributed by atoms with Crippen molar-refractivity contribution in [1.29, 1.82) is 0 Å². The number of hydrogen-bond donors (Lipinski definition) is 3. The van der Waals surface area contributed by atoms with Gasteiger partial charge in [0.2, 0.25) is 17.7 Å². The highest BCUT2D eigenvalue weighted by Gasteiger charge is 2.35. The molecule has 1 unspecified atom stereocenters. The molecule has 0 fully saturated rings. The van der Waals surface area contributed by atoms with Crippen molar-refractivity contribution in [3.05, 3.63) is 5.82 Å². The molecule has 0 saturated carbocycles. The predicted octanol–water partition coefficient (Wildman–Crippen LogP) is 0.921. The maximum Gasteiger partial charge on any atom is 0.451 e. The minimum atomic E-state index is -4.61. The average molecular weight is 274 g/mol. The number of anilines is 1. The molecule has 1 heterocycles. The lowest BCUT2D eigenvalue weighted by molar-refractivity contribution is -0.144. The fourth-order valence-corrected chi connectivity index (χ4v) is 0.913. The summed E-state index contributed by atoms with van der Waals surface area (Å²) >= 11 is 0. The number of aromatic amines is 1. The Morgan fingerprint density at radius 3 is 2.59 bits per heavy atom. The third-order valence-corrected chi connectivity index (χ3v) is 1.51. The van der Waals surface area contributed by atoms with Crippen molar-refractivity contribution in [2.45, 2.75) is 25.6 Å². The van der Waals surface area contributed by atoms with Gasteiger partial charge in [0.15, 0.2) is 0 Å². The number of H-pyrrole nitrogens is 1. The number of amides is 1. The quantitative estimate of drug-likeness (QED) is 0.763. The largest absolute Gasteiger partial charge is 0.451 e. The van der Waals surface area contributed by atoms with Crippen LogP contribution in [0.2, 0.25) is 0 Å². The predicted molar refractivity (Wildman–Crippen MR) is 55.5 cm³/mol. The van der Waals surface area contributed by atoms with Crippen molar-refractivity contribution in [2.75, 3.05) is 5.32 Å². The van der Waals surface area contributed by atoms with Crippen molar-refractivity contribution in [1.82, 2.24) is 15.2 Å². The number of carbonyl (C=O) groups excluding carboxylic acids is 1. The molecule has 0 spiro atoms. The third kappa shape index (κ3) is 5.00. The zero-order chi connectivity index (χ0) is 12.3. The van der Waals surface area contributed by atoms with Gasteiger partial charge in [-0.3, -0.25) is 15.2 Å². The van der Waals surface area contributed by atoms with Gasteiger partial charge < -0.3 is 5.73 Å². The summed E-state index contributed by atoms with van der Waals surface area (Å²) in [5.74, 6) is -2.22. The van der Waals surface area contributed by atoms with Crippen LogP contribution in [0.3, 0.4) is 0 Å². The van der Waals surface area contributed by atoms with Gasteiger partial charge in [-0.25, -0.2) is 0 Å². The molecule has 98 valence electrons. The molecule has 0 aliphatic rings. The van der Waals surface area contributed by atoms with Crippen LogP contribution in [0.25, 0.3) is 0 Å². The summed E-state index contributed by atoms with van der Waals surface area (Å²) in [6.07, 6.45) is -4.63. The van der Waals surface area contributed by atoms with E-state index in [1.807, 2.05) is 0 Å². The Labute approximate surface area is 101 Å². The first kappa shape index (κ1) is 15.7. The number of aromatic nitrogens is 3. The summed E-state index contributed by atoms with van der Waals surface area (Å²) in [5, 5.41) is 6.97. The van der Waals surface area contributed by atoms with Crippen LogP contribution >= 0.6 is 12.4 Å². The van der Waals surface area contributed by atoms with Gasteiger partial charge in [0, 0.05) is 12.5 Å². The molecule has 1 aromatic heterocycles. The van der Waals surface area contributed by atoms with Crippen molar-refractivity contribution in [3.63, 3.8) is 0 Å². The normalized spacial score (nSPS) is 12.8. The smallest absolute Gasteiger partial charge is 0.327 e. The van der Waals surface area contributed by atoms with E-state index in [4.69, 9.17) is 5.73 Å². The van der Waals surface area contributed by atoms with E-state index in [1.54, 1.807) is 12.0 Å². The van der Waals surface area contributed by atoms with E-state index in [-0.39, 0.29) is 24.9 Å². The van der Waals surface area contributed by atoms with Gasteiger partial charge in [0.25, 0.3) is 0 Å². The van der Waals surface area contributed by atoms with E-state index >= 15 is 0 Å². The van der Waals surface area contributed by atoms with E-state index in [0.29, 0.717) is 0 Å². The number of nitrogens with one attached hydrogen (secondary N) is 2. The molecule has 1 amide bonds. The summed E-state index contributed by atoms with van der Waals surface area (Å²) in [7, 11) is 0. The molecule has 0 bridgehead atoms. The summed E-state index contributed by atoms with van der Waals surface area (Å²) < 4.78 is 36.2. The molecule has 4 N–H and O–H groups in total. The monoisotopic (exact) mass is 273 g/mol. The molecule has 10 heteroatoms. The topological polar surface area (TPSA) is 96.7 Å². The lowest BCUT2D eigenvalue weighted by Gasteiger charge is -2.03. The van der Waals surface area contributed by atoms with Gasteiger partial charge in [-0.1, -0.05) is 0 Å². The summed E-state index contributed by atoms with van der Waals surface area (Å²) in [5.41, 5.74) is 5.33. The van der Waals surface area contributed by atoms with Crippen molar-refractivity contribution in [2.24, 2.45) is 5.73 Å². The second-order valence-electron chi connectivity index (χ2n) is 3.23. The molecule has 0 radical (unpaired) electrons. The number of halogens is 4. The van der Waals surface area contributed by atoms with Crippen LogP contribution in [0.1, 0.15) is 19.2 Å². The van der Waals surface area contributed by atoms with E-state index in [9.17, 15) is 18.0 Å². The molecule has 1 aromatic rings. The van der Waals surface area contributed by atoms with Gasteiger partial charge in [-0.05, 0) is 6.92 Å². The third-order valence-electron chi connectivity index (χ3n) is 1.51.